The van der Waals surface area contributed by atoms with Crippen LogP contribution in [0.3, 0.4) is 0 Å². The molecule has 0 aliphatic rings. The minimum atomic E-state index is -2.31. The number of para-hydroxylation sites is 2. The summed E-state index contributed by atoms with van der Waals surface area (Å²) in [5.74, 6) is -0.994. The van der Waals surface area contributed by atoms with E-state index in [2.05, 4.69) is 4.98 Å². The highest BCUT2D eigenvalue weighted by Crippen LogP contribution is 2.18. The minimum Gasteiger partial charge on any atom is -0.432 e. The Kier molecular flexibility index (Phi) is 5.73. The Balaban J connectivity index is 2.17. The number of aromatic nitrogens is 1. The molecule has 2 rings (SSSR count). The lowest BCUT2D eigenvalue weighted by Crippen LogP contribution is -2.44. The number of hydrogen-bond acceptors (Lipinski definition) is 5. The third-order valence-corrected chi connectivity index (χ3v) is 6.94. The van der Waals surface area contributed by atoms with Gasteiger partial charge in [0.2, 0.25) is 5.91 Å². The zero-order valence-electron chi connectivity index (χ0n) is 14.7. The summed E-state index contributed by atoms with van der Waals surface area (Å²) in [6.07, 6.45) is 0.725. The number of imide groups is 1. The maximum Gasteiger partial charge on any atom is 0.316 e. The third-order valence-electron chi connectivity index (χ3n) is 4.10. The molecule has 1 aromatic carbocycles. The Morgan fingerprint density at radius 1 is 1.24 bits per heavy atom. The molecule has 0 spiro atoms. The molecule has 0 unspecified atom stereocenters. The average molecular weight is 361 g/mol. The Morgan fingerprint density at radius 2 is 1.92 bits per heavy atom. The number of primary amides is 1. The van der Waals surface area contributed by atoms with E-state index >= 15 is 0 Å². The molecule has 0 aliphatic carbocycles. The van der Waals surface area contributed by atoms with Crippen LogP contribution in [0.15, 0.2) is 28.7 Å². The molecule has 1 aromatic heterocycles. The SMILES string of the molecule is CCCN(C(=O)CC[Si](C)(C)C(N)=O)C(=O)c1nc2ccccc2o1. The number of hydrogen-bond donors (Lipinski definition) is 1. The van der Waals surface area contributed by atoms with Crippen molar-refractivity contribution in [1.29, 1.82) is 0 Å². The number of carbonyl (C=O) groups is 3. The van der Waals surface area contributed by atoms with Crippen molar-refractivity contribution in [2.75, 3.05) is 6.54 Å². The first-order valence-electron chi connectivity index (χ1n) is 8.26. The summed E-state index contributed by atoms with van der Waals surface area (Å²) in [7, 11) is -2.31. The number of rotatable bonds is 7. The lowest BCUT2D eigenvalue weighted by molar-refractivity contribution is -0.128. The van der Waals surface area contributed by atoms with Crippen LogP contribution >= 0.6 is 0 Å². The van der Waals surface area contributed by atoms with E-state index in [9.17, 15) is 14.4 Å². The van der Waals surface area contributed by atoms with Gasteiger partial charge in [0.1, 0.15) is 5.52 Å². The fourth-order valence-corrected chi connectivity index (χ4v) is 3.41. The van der Waals surface area contributed by atoms with Gasteiger partial charge in [0.05, 0.1) is 0 Å². The number of benzene rings is 1. The molecule has 2 aromatic rings. The fourth-order valence-electron chi connectivity index (χ4n) is 2.32. The molecule has 3 amide bonds. The van der Waals surface area contributed by atoms with Gasteiger partial charge in [-0.2, -0.15) is 0 Å². The van der Waals surface area contributed by atoms with Gasteiger partial charge in [0, 0.05) is 13.0 Å². The molecule has 0 saturated carbocycles. The summed E-state index contributed by atoms with van der Waals surface area (Å²) in [5.41, 5.74) is 6.11. The van der Waals surface area contributed by atoms with Gasteiger partial charge in [-0.05, 0) is 24.6 Å². The first kappa shape index (κ1) is 18.8. The standard InChI is InChI=1S/C17H23N3O4Si/c1-4-10-20(14(21)9-11-25(2,3)17(18)23)16(22)15-19-12-7-5-6-8-13(12)24-15/h5-8H,4,9-11H2,1-3H3,(H2,18,23). The maximum absolute atomic E-state index is 12.7. The second-order valence-electron chi connectivity index (χ2n) is 6.59. The molecule has 7 nitrogen and oxygen atoms in total. The molecule has 2 N–H and O–H groups in total. The largest absolute Gasteiger partial charge is 0.432 e. The van der Waals surface area contributed by atoms with Crippen LogP contribution in [0.4, 0.5) is 4.79 Å². The quantitative estimate of drug-likeness (QED) is 0.763. The number of oxazole rings is 1. The van der Waals surface area contributed by atoms with Gasteiger partial charge in [-0.15, -0.1) is 0 Å². The fraction of sp³-hybridized carbons (Fsp3) is 0.412. The number of nitrogens with zero attached hydrogens (tertiary/aromatic N) is 2. The normalized spacial score (nSPS) is 11.5. The maximum atomic E-state index is 12.7. The minimum absolute atomic E-state index is 0.102. The van der Waals surface area contributed by atoms with E-state index in [1.54, 1.807) is 24.3 Å². The first-order chi connectivity index (χ1) is 11.8. The summed E-state index contributed by atoms with van der Waals surface area (Å²) in [6, 6.07) is 7.44. The van der Waals surface area contributed by atoms with Crippen LogP contribution in [-0.4, -0.2) is 41.8 Å². The summed E-state index contributed by atoms with van der Waals surface area (Å²) >= 11 is 0. The lowest BCUT2D eigenvalue weighted by atomic mass is 10.3. The first-order valence-corrected chi connectivity index (χ1v) is 11.5. The Hall–Kier alpha value is -2.48. The van der Waals surface area contributed by atoms with Crippen LogP contribution < -0.4 is 5.73 Å². The van der Waals surface area contributed by atoms with Crippen molar-refractivity contribution in [2.45, 2.75) is 38.9 Å². The molecule has 0 fully saturated rings. The topological polar surface area (TPSA) is 106 Å². The van der Waals surface area contributed by atoms with E-state index in [-0.39, 0.29) is 30.3 Å². The van der Waals surface area contributed by atoms with Crippen LogP contribution in [0.5, 0.6) is 0 Å². The second kappa shape index (κ2) is 7.60. The molecule has 0 aliphatic heterocycles. The van der Waals surface area contributed by atoms with E-state index in [1.165, 1.54) is 0 Å². The number of carbonyl (C=O) groups excluding carboxylic acids is 3. The molecule has 0 saturated heterocycles. The molecule has 8 heteroatoms. The van der Waals surface area contributed by atoms with E-state index in [0.717, 1.165) is 4.90 Å². The summed E-state index contributed by atoms with van der Waals surface area (Å²) in [4.78, 5) is 42.0. The highest BCUT2D eigenvalue weighted by molar-refractivity contribution is 7.04. The van der Waals surface area contributed by atoms with Gasteiger partial charge in [-0.25, -0.2) is 4.98 Å². The summed E-state index contributed by atoms with van der Waals surface area (Å²) in [6.45, 7) is 5.78. The monoisotopic (exact) mass is 361 g/mol. The summed E-state index contributed by atoms with van der Waals surface area (Å²) in [5, 5.41) is 0. The molecule has 1 heterocycles. The van der Waals surface area contributed by atoms with Gasteiger partial charge in [-0.3, -0.25) is 19.3 Å². The van der Waals surface area contributed by atoms with E-state index in [0.29, 0.717) is 23.6 Å². The Bertz CT molecular complexity index is 767. The molecule has 0 radical (unpaired) electrons. The van der Waals surface area contributed by atoms with Crippen LogP contribution in [0.25, 0.3) is 11.1 Å². The van der Waals surface area contributed by atoms with Gasteiger partial charge in [0.25, 0.3) is 5.89 Å². The number of fused-ring (bicyclic) bond motifs is 1. The van der Waals surface area contributed by atoms with Crippen molar-refractivity contribution in [3.63, 3.8) is 0 Å². The van der Waals surface area contributed by atoms with Gasteiger partial charge < -0.3 is 10.2 Å². The van der Waals surface area contributed by atoms with Gasteiger partial charge in [-0.1, -0.05) is 32.2 Å². The van der Waals surface area contributed by atoms with Crippen molar-refractivity contribution < 1.29 is 18.8 Å². The van der Waals surface area contributed by atoms with Crippen molar-refractivity contribution in [1.82, 2.24) is 9.88 Å². The zero-order valence-corrected chi connectivity index (χ0v) is 15.7. The van der Waals surface area contributed by atoms with Crippen molar-refractivity contribution in [3.05, 3.63) is 30.2 Å². The van der Waals surface area contributed by atoms with Crippen LogP contribution in [-0.2, 0) is 4.79 Å². The van der Waals surface area contributed by atoms with Crippen molar-refractivity contribution in [3.8, 4) is 0 Å². The predicted octanol–water partition coefficient (Wildman–Crippen LogP) is 2.97. The molecule has 134 valence electrons. The van der Waals surface area contributed by atoms with E-state index in [4.69, 9.17) is 10.2 Å². The average Bonchev–Trinajstić information content (AvgIpc) is 3.01. The van der Waals surface area contributed by atoms with Crippen LogP contribution in [0.2, 0.25) is 19.1 Å². The highest BCUT2D eigenvalue weighted by atomic mass is 28.3. The zero-order chi connectivity index (χ0) is 18.6. The smallest absolute Gasteiger partial charge is 0.316 e. The van der Waals surface area contributed by atoms with Crippen molar-refractivity contribution in [2.24, 2.45) is 5.73 Å². The van der Waals surface area contributed by atoms with E-state index in [1.807, 2.05) is 20.0 Å². The Labute approximate surface area is 147 Å². The van der Waals surface area contributed by atoms with E-state index < -0.39 is 14.0 Å². The molecular formula is C17H23N3O4Si. The van der Waals surface area contributed by atoms with Crippen LogP contribution in [0.1, 0.15) is 30.5 Å². The van der Waals surface area contributed by atoms with Gasteiger partial charge >= 0.3 is 5.91 Å². The van der Waals surface area contributed by atoms with Crippen molar-refractivity contribution >= 4 is 36.5 Å². The summed E-state index contributed by atoms with van der Waals surface area (Å²) < 4.78 is 5.47. The lowest BCUT2D eigenvalue weighted by Gasteiger charge is -2.21. The van der Waals surface area contributed by atoms with Crippen LogP contribution in [0, 0.1) is 0 Å². The molecule has 0 atom stereocenters. The molecule has 25 heavy (non-hydrogen) atoms. The highest BCUT2D eigenvalue weighted by Gasteiger charge is 2.32. The third kappa shape index (κ3) is 4.33. The second-order valence-corrected chi connectivity index (χ2v) is 11.3. The number of amides is 3. The number of nitrogens with two attached hydrogens (primary N) is 1. The predicted molar refractivity (Wildman–Crippen MR) is 96.8 cm³/mol. The molecule has 0 bridgehead atoms. The Morgan fingerprint density at radius 3 is 2.52 bits per heavy atom. The van der Waals surface area contributed by atoms with Gasteiger partial charge in [0.15, 0.2) is 19.2 Å². The molecular weight excluding hydrogens is 338 g/mol.